The van der Waals surface area contributed by atoms with E-state index in [2.05, 4.69) is 20.7 Å². The lowest BCUT2D eigenvalue weighted by Gasteiger charge is -2.13. The first-order chi connectivity index (χ1) is 10.7. The lowest BCUT2D eigenvalue weighted by atomic mass is 10.2. The number of hydrogen-bond acceptors (Lipinski definition) is 6. The molecule has 0 spiro atoms. The van der Waals surface area contributed by atoms with Crippen molar-refractivity contribution in [3.63, 3.8) is 0 Å². The summed E-state index contributed by atoms with van der Waals surface area (Å²) in [5, 5.41) is 14.3. The number of nitrogens with two attached hydrogens (primary N) is 2. The Bertz CT molecular complexity index is 944. The minimum absolute atomic E-state index is 0.00532. The Morgan fingerprint density at radius 1 is 1.43 bits per heavy atom. The molecule has 0 fully saturated rings. The zero-order valence-corrected chi connectivity index (χ0v) is 14.2. The second kappa shape index (κ2) is 6.04. The number of esters is 1. The standard InChI is InChI=1S/C13H11BrN4O4S/c1-22-13(19)11-10(16)7(5-15)6-18(11)9-4-2-3-8(14)12(9)23(17,20)21/h2-4,6H,16H2,1H3,(H2,17,20,21). The number of sulfonamides is 1. The number of halogens is 1. The molecule has 1 aromatic carbocycles. The summed E-state index contributed by atoms with van der Waals surface area (Å²) in [4.78, 5) is 11.7. The van der Waals surface area contributed by atoms with Crippen molar-refractivity contribution in [2.45, 2.75) is 4.90 Å². The van der Waals surface area contributed by atoms with Crippen LogP contribution in [0.4, 0.5) is 5.69 Å². The van der Waals surface area contributed by atoms with Crippen molar-refractivity contribution in [3.8, 4) is 11.8 Å². The van der Waals surface area contributed by atoms with E-state index >= 15 is 0 Å². The van der Waals surface area contributed by atoms with Crippen molar-refractivity contribution in [3.05, 3.63) is 40.1 Å². The number of carbonyl (C=O) groups excluding carboxylic acids is 1. The molecule has 1 aromatic heterocycles. The Labute approximate surface area is 140 Å². The van der Waals surface area contributed by atoms with E-state index in [1.165, 1.54) is 22.9 Å². The Balaban J connectivity index is 2.92. The number of methoxy groups -OCH3 is 1. The highest BCUT2D eigenvalue weighted by atomic mass is 79.9. The van der Waals surface area contributed by atoms with Gasteiger partial charge in [0.2, 0.25) is 10.0 Å². The molecular formula is C13H11BrN4O4S. The summed E-state index contributed by atoms with van der Waals surface area (Å²) < 4.78 is 29.8. The molecule has 0 aliphatic carbocycles. The molecule has 120 valence electrons. The number of nitrogens with zero attached hydrogens (tertiary/aromatic N) is 2. The molecule has 8 nitrogen and oxygen atoms in total. The highest BCUT2D eigenvalue weighted by Crippen LogP contribution is 2.31. The van der Waals surface area contributed by atoms with E-state index in [-0.39, 0.29) is 32.0 Å². The number of rotatable bonds is 3. The van der Waals surface area contributed by atoms with Crippen molar-refractivity contribution in [2.24, 2.45) is 5.14 Å². The minimum atomic E-state index is -4.12. The topological polar surface area (TPSA) is 141 Å². The summed E-state index contributed by atoms with van der Waals surface area (Å²) in [6.07, 6.45) is 1.25. The number of hydrogen-bond donors (Lipinski definition) is 2. The van der Waals surface area contributed by atoms with Crippen molar-refractivity contribution in [2.75, 3.05) is 12.8 Å². The van der Waals surface area contributed by atoms with Gasteiger partial charge in [-0.1, -0.05) is 6.07 Å². The monoisotopic (exact) mass is 398 g/mol. The van der Waals surface area contributed by atoms with Crippen molar-refractivity contribution in [1.29, 1.82) is 5.26 Å². The smallest absolute Gasteiger partial charge is 0.357 e. The number of aromatic nitrogens is 1. The lowest BCUT2D eigenvalue weighted by molar-refractivity contribution is 0.0593. The van der Waals surface area contributed by atoms with Gasteiger partial charge in [0.1, 0.15) is 11.0 Å². The molecule has 4 N–H and O–H groups in total. The van der Waals surface area contributed by atoms with Gasteiger partial charge in [-0.3, -0.25) is 0 Å². The molecule has 0 amide bonds. The van der Waals surface area contributed by atoms with Gasteiger partial charge in [-0.2, -0.15) is 5.26 Å². The first-order valence-corrected chi connectivity index (χ1v) is 8.37. The van der Waals surface area contributed by atoms with Crippen LogP contribution in [0.2, 0.25) is 0 Å². The van der Waals surface area contributed by atoms with Crippen LogP contribution in [0.1, 0.15) is 16.1 Å². The number of benzene rings is 1. The molecule has 0 radical (unpaired) electrons. The van der Waals surface area contributed by atoms with Crippen molar-refractivity contribution >= 4 is 37.6 Å². The van der Waals surface area contributed by atoms with Crippen LogP contribution < -0.4 is 10.9 Å². The molecule has 0 saturated heterocycles. The van der Waals surface area contributed by atoms with Gasteiger partial charge in [0, 0.05) is 10.7 Å². The molecule has 0 aliphatic rings. The van der Waals surface area contributed by atoms with Gasteiger partial charge >= 0.3 is 5.97 Å². The maximum Gasteiger partial charge on any atom is 0.357 e. The second-order valence-corrected chi connectivity index (χ2v) is 6.76. The van der Waals surface area contributed by atoms with Gasteiger partial charge in [0.05, 0.1) is 24.0 Å². The van der Waals surface area contributed by atoms with Crippen LogP contribution in [-0.2, 0) is 14.8 Å². The second-order valence-electron chi connectivity index (χ2n) is 4.41. The van der Waals surface area contributed by atoms with Crippen LogP contribution in [-0.4, -0.2) is 26.1 Å². The Kier molecular flexibility index (Phi) is 4.46. The summed E-state index contributed by atoms with van der Waals surface area (Å²) in [5.74, 6) is -0.815. The Morgan fingerprint density at radius 2 is 2.09 bits per heavy atom. The minimum Gasteiger partial charge on any atom is -0.464 e. The molecule has 0 atom stereocenters. The zero-order chi connectivity index (χ0) is 17.4. The van der Waals surface area contributed by atoms with Crippen molar-refractivity contribution < 1.29 is 17.9 Å². The third-order valence-electron chi connectivity index (χ3n) is 3.03. The van der Waals surface area contributed by atoms with Gasteiger partial charge in [0.25, 0.3) is 0 Å². The zero-order valence-electron chi connectivity index (χ0n) is 11.8. The summed E-state index contributed by atoms with van der Waals surface area (Å²) in [6, 6.07) is 6.30. The summed E-state index contributed by atoms with van der Waals surface area (Å²) in [7, 11) is -2.97. The van der Waals surface area contributed by atoms with E-state index in [4.69, 9.17) is 16.1 Å². The number of nitrogen functional groups attached to an aromatic ring is 1. The van der Waals surface area contributed by atoms with E-state index in [0.717, 1.165) is 7.11 Å². The predicted octanol–water partition coefficient (Wildman–Crippen LogP) is 1.13. The molecule has 10 heteroatoms. The maximum absolute atomic E-state index is 12.0. The van der Waals surface area contributed by atoms with Crippen molar-refractivity contribution in [1.82, 2.24) is 4.57 Å². The summed E-state index contributed by atoms with van der Waals surface area (Å²) in [6.45, 7) is 0. The van der Waals surface area contributed by atoms with Crippen LogP contribution in [0.15, 0.2) is 33.8 Å². The number of primary sulfonamides is 1. The SMILES string of the molecule is COC(=O)c1c(N)c(C#N)cn1-c1cccc(Br)c1S(N)(=O)=O. The van der Waals surface area contributed by atoms with E-state index in [1.807, 2.05) is 6.07 Å². The highest BCUT2D eigenvalue weighted by molar-refractivity contribution is 9.10. The van der Waals surface area contributed by atoms with Crippen LogP contribution in [0.5, 0.6) is 0 Å². The van der Waals surface area contributed by atoms with Gasteiger partial charge < -0.3 is 15.0 Å². The number of anilines is 1. The molecule has 2 rings (SSSR count). The number of carbonyl (C=O) groups is 1. The molecule has 0 aliphatic heterocycles. The first kappa shape index (κ1) is 17.0. The normalized spacial score (nSPS) is 11.0. The first-order valence-electron chi connectivity index (χ1n) is 6.03. The van der Waals surface area contributed by atoms with E-state index in [0.29, 0.717) is 0 Å². The summed E-state index contributed by atoms with van der Waals surface area (Å²) >= 11 is 3.12. The maximum atomic E-state index is 12.0. The fourth-order valence-electron chi connectivity index (χ4n) is 2.07. The fraction of sp³-hybridized carbons (Fsp3) is 0.0769. The summed E-state index contributed by atoms with van der Waals surface area (Å²) in [5.41, 5.74) is 5.59. The molecule has 0 bridgehead atoms. The molecular weight excluding hydrogens is 388 g/mol. The van der Waals surface area contributed by atoms with Crippen LogP contribution in [0.25, 0.3) is 5.69 Å². The van der Waals surface area contributed by atoms with Gasteiger partial charge in [-0.15, -0.1) is 0 Å². The molecule has 1 heterocycles. The number of nitriles is 1. The third-order valence-corrected chi connectivity index (χ3v) is 4.96. The quantitative estimate of drug-likeness (QED) is 0.741. The molecule has 2 aromatic rings. The van der Waals surface area contributed by atoms with E-state index < -0.39 is 16.0 Å². The van der Waals surface area contributed by atoms with Gasteiger partial charge in [0.15, 0.2) is 5.69 Å². The highest BCUT2D eigenvalue weighted by Gasteiger charge is 2.26. The number of ether oxygens (including phenoxy) is 1. The van der Waals surface area contributed by atoms with Crippen LogP contribution in [0, 0.1) is 11.3 Å². The third kappa shape index (κ3) is 2.94. The molecule has 23 heavy (non-hydrogen) atoms. The van der Waals surface area contributed by atoms with Gasteiger partial charge in [-0.25, -0.2) is 18.4 Å². The Hall–Kier alpha value is -2.35. The van der Waals surface area contributed by atoms with Crippen LogP contribution >= 0.6 is 15.9 Å². The lowest BCUT2D eigenvalue weighted by Crippen LogP contribution is -2.18. The average molecular weight is 399 g/mol. The average Bonchev–Trinajstić information content (AvgIpc) is 2.81. The van der Waals surface area contributed by atoms with E-state index in [1.54, 1.807) is 6.07 Å². The largest absolute Gasteiger partial charge is 0.464 e. The Morgan fingerprint density at radius 3 is 2.61 bits per heavy atom. The van der Waals surface area contributed by atoms with Crippen LogP contribution in [0.3, 0.4) is 0 Å². The van der Waals surface area contributed by atoms with E-state index in [9.17, 15) is 13.2 Å². The molecule has 0 unspecified atom stereocenters. The molecule has 0 saturated carbocycles. The fourth-order valence-corrected chi connectivity index (χ4v) is 3.90. The van der Waals surface area contributed by atoms with Gasteiger partial charge in [-0.05, 0) is 28.1 Å². The predicted molar refractivity (Wildman–Crippen MR) is 85.3 cm³/mol.